The summed E-state index contributed by atoms with van der Waals surface area (Å²) in [6, 6.07) is 2.98. The molecule has 3 heteroatoms. The molecule has 1 heterocycles. The quantitative estimate of drug-likeness (QED) is 0.418. The molecule has 1 rings (SSSR count). The second kappa shape index (κ2) is 3.56. The van der Waals surface area contributed by atoms with Gasteiger partial charge in [0.1, 0.15) is 0 Å². The van der Waals surface area contributed by atoms with Crippen molar-refractivity contribution in [2.75, 3.05) is 0 Å². The first-order valence-corrected chi connectivity index (χ1v) is 4.72. The summed E-state index contributed by atoms with van der Waals surface area (Å²) in [6.45, 7) is 8.40. The molecule has 1 aromatic heterocycles. The molecule has 78 valence electrons. The molecule has 0 saturated carbocycles. The smallest absolute Gasteiger partial charge is 0.282 e. The molecule has 0 fully saturated rings. The van der Waals surface area contributed by atoms with Crippen LogP contribution in [0.5, 0.6) is 0 Å². The molecule has 2 nitrogen and oxygen atoms in total. The fourth-order valence-electron chi connectivity index (χ4n) is 1.24. The molecule has 1 atom stereocenters. The average Bonchev–Trinajstić information content (AvgIpc) is 2.07. The summed E-state index contributed by atoms with van der Waals surface area (Å²) in [5, 5.41) is 9.16. The Labute approximate surface area is 84.0 Å². The zero-order valence-electron chi connectivity index (χ0n) is 9.08. The first-order chi connectivity index (χ1) is 6.32. The summed E-state index contributed by atoms with van der Waals surface area (Å²) in [4.78, 5) is 0. The Morgan fingerprint density at radius 3 is 2.36 bits per heavy atom. The van der Waals surface area contributed by atoms with Crippen molar-refractivity contribution in [3.63, 3.8) is 0 Å². The van der Waals surface area contributed by atoms with Gasteiger partial charge in [0.15, 0.2) is 0 Å². The van der Waals surface area contributed by atoms with Crippen LogP contribution in [0.15, 0.2) is 18.3 Å². The van der Waals surface area contributed by atoms with Gasteiger partial charge in [0.05, 0.1) is 0 Å². The van der Waals surface area contributed by atoms with Gasteiger partial charge in [0, 0.05) is 16.4 Å². The Morgan fingerprint density at radius 2 is 1.93 bits per heavy atom. The van der Waals surface area contributed by atoms with E-state index in [1.54, 1.807) is 6.07 Å². The lowest BCUT2D eigenvalue weighted by molar-refractivity contribution is -0.924. The van der Waals surface area contributed by atoms with Crippen LogP contribution in [0, 0.1) is 11.4 Å². The zero-order chi connectivity index (χ0) is 10.9. The van der Waals surface area contributed by atoms with E-state index in [0.29, 0.717) is 4.73 Å². The normalized spacial score (nSPS) is 14.1. The first kappa shape index (κ1) is 11.0. The van der Waals surface area contributed by atoms with Crippen molar-refractivity contribution >= 4 is 0 Å². The molecule has 0 aliphatic heterocycles. The molecule has 0 saturated heterocycles. The van der Waals surface area contributed by atoms with Crippen LogP contribution >= 0.6 is 0 Å². The zero-order valence-corrected chi connectivity index (χ0v) is 9.08. The van der Waals surface area contributed by atoms with E-state index < -0.39 is 5.95 Å². The standard InChI is InChI=1S/C11H17FNO/c1-8(11(2,3)4)9-5-6-10(12)13(14)7-9/h5-8,14H,1-4H3/q+1/t8-/m1/s1. The van der Waals surface area contributed by atoms with Crippen LogP contribution in [-0.2, 0) is 0 Å². The molecule has 0 bridgehead atoms. The van der Waals surface area contributed by atoms with Gasteiger partial charge in [-0.25, -0.2) is 0 Å². The molecule has 1 N–H and O–H groups in total. The van der Waals surface area contributed by atoms with Crippen molar-refractivity contribution in [1.29, 1.82) is 0 Å². The molecule has 0 amide bonds. The van der Waals surface area contributed by atoms with E-state index in [1.165, 1.54) is 12.3 Å². The Bertz CT molecular complexity index is 331. The highest BCUT2D eigenvalue weighted by molar-refractivity contribution is 5.13. The van der Waals surface area contributed by atoms with E-state index in [2.05, 4.69) is 27.7 Å². The van der Waals surface area contributed by atoms with Crippen molar-refractivity contribution in [1.82, 2.24) is 0 Å². The lowest BCUT2D eigenvalue weighted by Crippen LogP contribution is -2.35. The van der Waals surface area contributed by atoms with Gasteiger partial charge in [-0.1, -0.05) is 27.7 Å². The van der Waals surface area contributed by atoms with Gasteiger partial charge >= 0.3 is 5.95 Å². The largest absolute Gasteiger partial charge is 0.408 e. The van der Waals surface area contributed by atoms with Crippen LogP contribution in [0.2, 0.25) is 0 Å². The van der Waals surface area contributed by atoms with Crippen LogP contribution in [0.3, 0.4) is 0 Å². The number of nitrogens with zero attached hydrogens (tertiary/aromatic N) is 1. The van der Waals surface area contributed by atoms with E-state index in [0.717, 1.165) is 5.56 Å². The molecule has 0 aliphatic carbocycles. The van der Waals surface area contributed by atoms with Gasteiger partial charge in [-0.3, -0.25) is 5.21 Å². The SMILES string of the molecule is C[C@H](c1ccc(F)[n+](O)c1)C(C)(C)C. The number of pyridine rings is 1. The van der Waals surface area contributed by atoms with E-state index >= 15 is 0 Å². The number of hydrogen-bond donors (Lipinski definition) is 1. The van der Waals surface area contributed by atoms with E-state index in [9.17, 15) is 4.39 Å². The number of hydrogen-bond acceptors (Lipinski definition) is 1. The van der Waals surface area contributed by atoms with Crippen molar-refractivity contribution in [3.8, 4) is 0 Å². The first-order valence-electron chi connectivity index (χ1n) is 4.72. The summed E-state index contributed by atoms with van der Waals surface area (Å²) in [7, 11) is 0. The Balaban J connectivity index is 3.03. The highest BCUT2D eigenvalue weighted by atomic mass is 19.1. The van der Waals surface area contributed by atoms with Crippen LogP contribution in [0.4, 0.5) is 4.39 Å². The molecule has 1 aromatic rings. The van der Waals surface area contributed by atoms with Crippen LogP contribution in [0.25, 0.3) is 0 Å². The Kier molecular flexibility index (Phi) is 2.79. The second-order valence-electron chi connectivity index (χ2n) is 4.72. The second-order valence-corrected chi connectivity index (χ2v) is 4.72. The molecular weight excluding hydrogens is 181 g/mol. The molecule has 14 heavy (non-hydrogen) atoms. The van der Waals surface area contributed by atoms with Crippen LogP contribution in [0.1, 0.15) is 39.2 Å². The van der Waals surface area contributed by atoms with Gasteiger partial charge < -0.3 is 0 Å². The van der Waals surface area contributed by atoms with Crippen LogP contribution in [-0.4, -0.2) is 5.21 Å². The van der Waals surface area contributed by atoms with Crippen molar-refractivity contribution in [2.45, 2.75) is 33.6 Å². The molecule has 0 aliphatic rings. The minimum atomic E-state index is -0.644. The maximum Gasteiger partial charge on any atom is 0.408 e. The number of halogens is 1. The average molecular weight is 198 g/mol. The van der Waals surface area contributed by atoms with Crippen molar-refractivity contribution in [3.05, 3.63) is 29.8 Å². The fraction of sp³-hybridized carbons (Fsp3) is 0.545. The van der Waals surface area contributed by atoms with Crippen LogP contribution < -0.4 is 4.73 Å². The molecule has 0 aromatic carbocycles. The Morgan fingerprint density at radius 1 is 1.36 bits per heavy atom. The molecular formula is C11H17FNO+. The van der Waals surface area contributed by atoms with E-state index in [-0.39, 0.29) is 11.3 Å². The van der Waals surface area contributed by atoms with Crippen molar-refractivity contribution in [2.24, 2.45) is 5.41 Å². The highest BCUT2D eigenvalue weighted by Gasteiger charge is 2.24. The minimum Gasteiger partial charge on any atom is -0.282 e. The maximum atomic E-state index is 12.8. The summed E-state index contributed by atoms with van der Waals surface area (Å²) in [6.07, 6.45) is 1.42. The van der Waals surface area contributed by atoms with Gasteiger partial charge in [-0.15, -0.1) is 4.39 Å². The number of aromatic nitrogens is 1. The van der Waals surface area contributed by atoms with Gasteiger partial charge in [-0.2, -0.15) is 0 Å². The van der Waals surface area contributed by atoms with Gasteiger partial charge in [-0.05, 0) is 17.4 Å². The summed E-state index contributed by atoms with van der Waals surface area (Å²) < 4.78 is 13.3. The molecule has 0 radical (unpaired) electrons. The number of rotatable bonds is 1. The van der Waals surface area contributed by atoms with Crippen molar-refractivity contribution < 1.29 is 14.3 Å². The fourth-order valence-corrected chi connectivity index (χ4v) is 1.24. The lowest BCUT2D eigenvalue weighted by atomic mass is 9.78. The van der Waals surface area contributed by atoms with E-state index in [1.807, 2.05) is 0 Å². The summed E-state index contributed by atoms with van der Waals surface area (Å²) in [5.41, 5.74) is 1.03. The van der Waals surface area contributed by atoms with E-state index in [4.69, 9.17) is 5.21 Å². The molecule has 0 unspecified atom stereocenters. The highest BCUT2D eigenvalue weighted by Crippen LogP contribution is 2.33. The lowest BCUT2D eigenvalue weighted by Gasteiger charge is -2.26. The predicted octanol–water partition coefficient (Wildman–Crippen LogP) is 2.50. The van der Waals surface area contributed by atoms with Gasteiger partial charge in [0.2, 0.25) is 6.20 Å². The topological polar surface area (TPSA) is 24.1 Å². The third kappa shape index (κ3) is 2.22. The third-order valence-electron chi connectivity index (χ3n) is 2.70. The monoisotopic (exact) mass is 198 g/mol. The summed E-state index contributed by atoms with van der Waals surface area (Å²) >= 11 is 0. The van der Waals surface area contributed by atoms with Gasteiger partial charge in [0.25, 0.3) is 0 Å². The third-order valence-corrected chi connectivity index (χ3v) is 2.70. The summed E-state index contributed by atoms with van der Waals surface area (Å²) in [5.74, 6) is -0.378. The Hall–Kier alpha value is -1.12. The minimum absolute atomic E-state index is 0.102. The predicted molar refractivity (Wildman–Crippen MR) is 51.6 cm³/mol. The maximum absolute atomic E-state index is 12.8. The molecule has 0 spiro atoms.